The van der Waals surface area contributed by atoms with E-state index < -0.39 is 13.9 Å². The largest absolute Gasteiger partial charge is 0.530 e. The molecule has 0 spiro atoms. The highest BCUT2D eigenvalue weighted by molar-refractivity contribution is 7.48. The van der Waals surface area contributed by atoms with Gasteiger partial charge in [-0.1, -0.05) is 72.8 Å². The van der Waals surface area contributed by atoms with E-state index in [-0.39, 0.29) is 19.8 Å². The lowest BCUT2D eigenvalue weighted by Gasteiger charge is -2.19. The van der Waals surface area contributed by atoms with Crippen molar-refractivity contribution in [3.8, 4) is 5.75 Å². The van der Waals surface area contributed by atoms with Crippen molar-refractivity contribution in [2.75, 3.05) is 0 Å². The summed E-state index contributed by atoms with van der Waals surface area (Å²) in [6.07, 6.45) is -1.11. The number of hydrogen-bond donors (Lipinski definition) is 2. The molecule has 3 aromatic carbocycles. The molecule has 3 rings (SSSR count). The molecule has 0 unspecified atom stereocenters. The van der Waals surface area contributed by atoms with Crippen LogP contribution in [0.1, 0.15) is 16.7 Å². The van der Waals surface area contributed by atoms with Crippen molar-refractivity contribution in [1.82, 2.24) is 5.32 Å². The first kappa shape index (κ1) is 21.6. The molecule has 156 valence electrons. The van der Waals surface area contributed by atoms with Crippen LogP contribution in [0, 0.1) is 0 Å². The number of amides is 1. The predicted molar refractivity (Wildman–Crippen MR) is 112 cm³/mol. The maximum atomic E-state index is 13.3. The van der Waals surface area contributed by atoms with Crippen LogP contribution in [0.15, 0.2) is 84.9 Å². The normalized spacial score (nSPS) is 11.1. The Morgan fingerprint density at radius 3 is 1.73 bits per heavy atom. The molecule has 30 heavy (non-hydrogen) atoms. The second-order valence-corrected chi connectivity index (χ2v) is 7.95. The number of phosphoric acid groups is 1. The summed E-state index contributed by atoms with van der Waals surface area (Å²) >= 11 is 0. The summed E-state index contributed by atoms with van der Waals surface area (Å²) in [6, 6.07) is 25.1. The zero-order valence-electron chi connectivity index (χ0n) is 16.1. The Labute approximate surface area is 174 Å². The van der Waals surface area contributed by atoms with Gasteiger partial charge in [0.25, 0.3) is 0 Å². The van der Waals surface area contributed by atoms with Gasteiger partial charge in [0.15, 0.2) is 0 Å². The fraction of sp³-hybridized carbons (Fsp3) is 0.136. The van der Waals surface area contributed by atoms with E-state index in [2.05, 4.69) is 5.32 Å². The van der Waals surface area contributed by atoms with E-state index in [1.807, 2.05) is 60.7 Å². The van der Waals surface area contributed by atoms with Crippen LogP contribution in [-0.2, 0) is 33.4 Å². The fourth-order valence-corrected chi connectivity index (χ4v) is 3.69. The predicted octanol–water partition coefficient (Wildman–Crippen LogP) is 5.37. The van der Waals surface area contributed by atoms with Crippen molar-refractivity contribution >= 4 is 13.9 Å². The second kappa shape index (κ2) is 10.6. The molecule has 0 fully saturated rings. The van der Waals surface area contributed by atoms with Crippen molar-refractivity contribution in [2.45, 2.75) is 19.8 Å². The van der Waals surface area contributed by atoms with E-state index in [4.69, 9.17) is 18.7 Å². The van der Waals surface area contributed by atoms with Crippen molar-refractivity contribution in [1.29, 1.82) is 0 Å². The maximum absolute atomic E-state index is 13.3. The molecule has 0 bridgehead atoms. The SMILES string of the molecule is O=C(O)NCc1ccc(OP(=O)(OCc2ccccc2)OCc2ccccc2)cc1. The molecular weight excluding hydrogens is 405 g/mol. The molecule has 3 aromatic rings. The zero-order chi connectivity index (χ0) is 21.2. The quantitative estimate of drug-likeness (QED) is 0.422. The van der Waals surface area contributed by atoms with Gasteiger partial charge in [0, 0.05) is 6.54 Å². The Balaban J connectivity index is 1.69. The molecule has 0 aliphatic carbocycles. The molecule has 8 heteroatoms. The van der Waals surface area contributed by atoms with Gasteiger partial charge in [0.1, 0.15) is 5.75 Å². The van der Waals surface area contributed by atoms with Gasteiger partial charge in [-0.3, -0.25) is 9.05 Å². The molecule has 0 heterocycles. The van der Waals surface area contributed by atoms with E-state index in [0.29, 0.717) is 5.75 Å². The minimum absolute atomic E-state index is 0.0630. The summed E-state index contributed by atoms with van der Waals surface area (Å²) < 4.78 is 30.0. The zero-order valence-corrected chi connectivity index (χ0v) is 17.0. The van der Waals surface area contributed by atoms with Gasteiger partial charge >= 0.3 is 13.9 Å². The maximum Gasteiger partial charge on any atom is 0.530 e. The summed E-state index contributed by atoms with van der Waals surface area (Å²) in [5.74, 6) is 0.290. The Hall–Kier alpha value is -3.12. The molecule has 0 saturated carbocycles. The lowest BCUT2D eigenvalue weighted by Crippen LogP contribution is -2.19. The van der Waals surface area contributed by atoms with Crippen LogP contribution in [0.4, 0.5) is 4.79 Å². The highest BCUT2D eigenvalue weighted by Gasteiger charge is 2.29. The summed E-state index contributed by atoms with van der Waals surface area (Å²) in [6.45, 7) is 0.281. The standard InChI is InChI=1S/C22H22NO6P/c24-22(25)23-15-18-11-13-21(14-12-18)29-30(26,27-16-19-7-3-1-4-8-19)28-17-20-9-5-2-6-10-20/h1-14,23H,15-17H2,(H,24,25). The van der Waals surface area contributed by atoms with E-state index in [9.17, 15) is 9.36 Å². The van der Waals surface area contributed by atoms with Gasteiger partial charge in [-0.25, -0.2) is 9.36 Å². The molecule has 0 radical (unpaired) electrons. The Kier molecular flexibility index (Phi) is 7.63. The molecule has 0 saturated heterocycles. The van der Waals surface area contributed by atoms with Crippen molar-refractivity contribution in [3.05, 3.63) is 102 Å². The van der Waals surface area contributed by atoms with Gasteiger partial charge < -0.3 is 14.9 Å². The van der Waals surface area contributed by atoms with E-state index in [0.717, 1.165) is 16.7 Å². The van der Waals surface area contributed by atoms with Crippen LogP contribution in [0.25, 0.3) is 0 Å². The number of hydrogen-bond acceptors (Lipinski definition) is 5. The van der Waals surface area contributed by atoms with Crippen LogP contribution in [0.5, 0.6) is 5.75 Å². The third-order valence-electron chi connectivity index (χ3n) is 4.05. The van der Waals surface area contributed by atoms with Crippen LogP contribution >= 0.6 is 7.82 Å². The topological polar surface area (TPSA) is 94.1 Å². The third-order valence-corrected chi connectivity index (χ3v) is 5.37. The second-order valence-electron chi connectivity index (χ2n) is 6.36. The van der Waals surface area contributed by atoms with Crippen LogP contribution in [0.2, 0.25) is 0 Å². The van der Waals surface area contributed by atoms with Gasteiger partial charge in [-0.05, 0) is 28.8 Å². The molecular formula is C22H22NO6P. The molecule has 0 aliphatic rings. The number of benzene rings is 3. The summed E-state index contributed by atoms with van der Waals surface area (Å²) in [5, 5.41) is 11.0. The van der Waals surface area contributed by atoms with Gasteiger partial charge in [0.05, 0.1) is 13.2 Å². The van der Waals surface area contributed by atoms with Gasteiger partial charge in [-0.15, -0.1) is 0 Å². The summed E-state index contributed by atoms with van der Waals surface area (Å²) in [5.41, 5.74) is 2.40. The number of carboxylic acid groups (broad SMARTS) is 1. The number of phosphoric ester groups is 1. The Morgan fingerprint density at radius 1 is 0.767 bits per heavy atom. The van der Waals surface area contributed by atoms with Gasteiger partial charge in [-0.2, -0.15) is 0 Å². The van der Waals surface area contributed by atoms with Crippen molar-refractivity contribution < 1.29 is 28.0 Å². The number of nitrogens with one attached hydrogen (secondary N) is 1. The monoisotopic (exact) mass is 427 g/mol. The van der Waals surface area contributed by atoms with Crippen molar-refractivity contribution in [2.24, 2.45) is 0 Å². The Bertz CT molecular complexity index is 932. The van der Waals surface area contributed by atoms with Crippen LogP contribution < -0.4 is 9.84 Å². The molecule has 0 atom stereocenters. The van der Waals surface area contributed by atoms with Crippen LogP contribution in [-0.4, -0.2) is 11.2 Å². The highest BCUT2D eigenvalue weighted by Crippen LogP contribution is 2.51. The third kappa shape index (κ3) is 7.04. The lowest BCUT2D eigenvalue weighted by molar-refractivity contribution is 0.143. The highest BCUT2D eigenvalue weighted by atomic mass is 31.2. The first-order valence-corrected chi connectivity index (χ1v) is 10.7. The smallest absolute Gasteiger partial charge is 0.465 e. The number of rotatable bonds is 10. The summed E-state index contributed by atoms with van der Waals surface area (Å²) in [4.78, 5) is 10.6. The van der Waals surface area contributed by atoms with E-state index in [1.165, 1.54) is 0 Å². The minimum Gasteiger partial charge on any atom is -0.465 e. The van der Waals surface area contributed by atoms with Crippen molar-refractivity contribution in [3.63, 3.8) is 0 Å². The summed E-state index contributed by atoms with van der Waals surface area (Å²) in [7, 11) is -3.93. The molecule has 1 amide bonds. The molecule has 7 nitrogen and oxygen atoms in total. The molecule has 2 N–H and O–H groups in total. The number of carbonyl (C=O) groups is 1. The average Bonchev–Trinajstić information content (AvgIpc) is 2.77. The van der Waals surface area contributed by atoms with E-state index >= 15 is 0 Å². The molecule has 0 aromatic heterocycles. The Morgan fingerprint density at radius 2 is 1.27 bits per heavy atom. The lowest BCUT2D eigenvalue weighted by atomic mass is 10.2. The minimum atomic E-state index is -3.93. The molecule has 0 aliphatic heterocycles. The average molecular weight is 427 g/mol. The van der Waals surface area contributed by atoms with Gasteiger partial charge in [0.2, 0.25) is 0 Å². The van der Waals surface area contributed by atoms with E-state index in [1.54, 1.807) is 24.3 Å². The first-order chi connectivity index (χ1) is 14.5. The first-order valence-electron chi connectivity index (χ1n) is 9.25. The van der Waals surface area contributed by atoms with Crippen LogP contribution in [0.3, 0.4) is 0 Å². The fourth-order valence-electron chi connectivity index (χ4n) is 2.52.